The highest BCUT2D eigenvalue weighted by Crippen LogP contribution is 2.24. The van der Waals surface area contributed by atoms with E-state index in [9.17, 15) is 0 Å². The number of nitrogens with two attached hydrogens (primary N) is 1. The highest BCUT2D eigenvalue weighted by molar-refractivity contribution is 6.13. The second-order valence-corrected chi connectivity index (χ2v) is 7.64. The number of aromatic nitrogens is 2. The minimum absolute atomic E-state index is 0.0332. The van der Waals surface area contributed by atoms with E-state index in [2.05, 4.69) is 24.8 Å². The van der Waals surface area contributed by atoms with Crippen LogP contribution in [-0.2, 0) is 0 Å². The van der Waals surface area contributed by atoms with Crippen molar-refractivity contribution in [1.29, 1.82) is 10.8 Å². The van der Waals surface area contributed by atoms with Gasteiger partial charge >= 0.3 is 0 Å². The predicted molar refractivity (Wildman–Crippen MR) is 125 cm³/mol. The van der Waals surface area contributed by atoms with E-state index in [-0.39, 0.29) is 17.9 Å². The molecule has 1 atom stereocenters. The van der Waals surface area contributed by atoms with Crippen LogP contribution in [0.4, 0.5) is 11.5 Å². The SMILES string of the molecule is CN=CC(C=N)N1CCN(c2cc(C(=N)c3cc(OC(C)C)ccc3N)ncn2)CC1. The van der Waals surface area contributed by atoms with Gasteiger partial charge in [-0.2, -0.15) is 0 Å². The molecule has 0 saturated carbocycles. The summed E-state index contributed by atoms with van der Waals surface area (Å²) >= 11 is 0. The van der Waals surface area contributed by atoms with Crippen LogP contribution in [0.3, 0.4) is 0 Å². The summed E-state index contributed by atoms with van der Waals surface area (Å²) in [6.45, 7) is 7.04. The van der Waals surface area contributed by atoms with E-state index in [0.29, 0.717) is 22.7 Å². The molecule has 1 aliphatic heterocycles. The van der Waals surface area contributed by atoms with Crippen LogP contribution in [0.25, 0.3) is 0 Å². The van der Waals surface area contributed by atoms with Crippen LogP contribution >= 0.6 is 0 Å². The summed E-state index contributed by atoms with van der Waals surface area (Å²) in [7, 11) is 1.72. The Balaban J connectivity index is 1.75. The van der Waals surface area contributed by atoms with Crippen LogP contribution in [-0.4, -0.2) is 78.4 Å². The average molecular weight is 423 g/mol. The molecule has 2 aromatic rings. The molecular weight excluding hydrogens is 392 g/mol. The molecule has 3 rings (SSSR count). The largest absolute Gasteiger partial charge is 0.491 e. The van der Waals surface area contributed by atoms with Crippen LogP contribution in [0.1, 0.15) is 25.1 Å². The molecule has 1 saturated heterocycles. The summed E-state index contributed by atoms with van der Waals surface area (Å²) in [6.07, 6.45) is 4.72. The van der Waals surface area contributed by atoms with E-state index in [0.717, 1.165) is 32.0 Å². The minimum Gasteiger partial charge on any atom is -0.491 e. The number of anilines is 2. The molecule has 0 radical (unpaired) electrons. The lowest BCUT2D eigenvalue weighted by Crippen LogP contribution is -2.51. The molecule has 1 aliphatic rings. The highest BCUT2D eigenvalue weighted by atomic mass is 16.5. The Hall–Kier alpha value is -3.33. The van der Waals surface area contributed by atoms with E-state index in [1.54, 1.807) is 25.4 Å². The van der Waals surface area contributed by atoms with Crippen LogP contribution in [0.2, 0.25) is 0 Å². The zero-order valence-corrected chi connectivity index (χ0v) is 18.2. The number of nitrogen functional groups attached to an aromatic ring is 1. The number of hydrogen-bond acceptors (Lipinski definition) is 9. The zero-order chi connectivity index (χ0) is 22.4. The maximum absolute atomic E-state index is 8.67. The van der Waals surface area contributed by atoms with Crippen LogP contribution in [0.5, 0.6) is 5.75 Å². The van der Waals surface area contributed by atoms with Gasteiger partial charge in [0.25, 0.3) is 0 Å². The summed E-state index contributed by atoms with van der Waals surface area (Å²) in [4.78, 5) is 17.2. The van der Waals surface area contributed by atoms with Crippen molar-refractivity contribution in [3.63, 3.8) is 0 Å². The zero-order valence-electron chi connectivity index (χ0n) is 18.2. The van der Waals surface area contributed by atoms with Crippen molar-refractivity contribution in [2.45, 2.75) is 26.0 Å². The topological polar surface area (TPSA) is 128 Å². The lowest BCUT2D eigenvalue weighted by Gasteiger charge is -2.37. The molecule has 1 aromatic carbocycles. The van der Waals surface area contributed by atoms with Crippen LogP contribution in [0, 0.1) is 10.8 Å². The molecule has 1 unspecified atom stereocenters. The molecule has 9 heteroatoms. The number of nitrogens with zero attached hydrogens (tertiary/aromatic N) is 5. The van der Waals surface area contributed by atoms with Crippen molar-refractivity contribution < 1.29 is 4.74 Å². The monoisotopic (exact) mass is 422 g/mol. The van der Waals surface area contributed by atoms with E-state index < -0.39 is 0 Å². The fourth-order valence-electron chi connectivity index (χ4n) is 3.54. The Labute approximate surface area is 183 Å². The fraction of sp³-hybridized carbons (Fsp3) is 0.409. The van der Waals surface area contributed by atoms with Gasteiger partial charge in [-0.1, -0.05) is 0 Å². The van der Waals surface area contributed by atoms with Gasteiger partial charge in [0.15, 0.2) is 0 Å². The van der Waals surface area contributed by atoms with Gasteiger partial charge in [-0.15, -0.1) is 0 Å². The van der Waals surface area contributed by atoms with Crippen molar-refractivity contribution in [3.05, 3.63) is 41.9 Å². The maximum atomic E-state index is 8.67. The summed E-state index contributed by atoms with van der Waals surface area (Å²) in [5.41, 5.74) is 7.97. The van der Waals surface area contributed by atoms with Gasteiger partial charge in [0.05, 0.1) is 23.6 Å². The normalized spacial score (nSPS) is 15.9. The fourth-order valence-corrected chi connectivity index (χ4v) is 3.54. The molecule has 0 spiro atoms. The number of nitrogens with one attached hydrogen (secondary N) is 2. The van der Waals surface area contributed by atoms with E-state index in [1.807, 2.05) is 26.0 Å². The summed E-state index contributed by atoms with van der Waals surface area (Å²) in [5.74, 6) is 1.45. The Kier molecular flexibility index (Phi) is 7.30. The molecule has 0 bridgehead atoms. The third kappa shape index (κ3) is 5.43. The molecule has 1 aromatic heterocycles. The average Bonchev–Trinajstić information content (AvgIpc) is 2.78. The van der Waals surface area contributed by atoms with E-state index in [1.165, 1.54) is 12.5 Å². The lowest BCUT2D eigenvalue weighted by atomic mass is 10.0. The Bertz CT molecular complexity index is 950. The standard InChI is InChI=1S/C22H30N8O/c1-15(2)31-17-4-5-19(24)18(10-17)22(25)20-11-21(28-14-27-20)30-8-6-29(7-9-30)16(12-23)13-26-3/h4-5,10-16,23,25H,6-9,24H2,1-3H3. The first-order valence-electron chi connectivity index (χ1n) is 10.3. The highest BCUT2D eigenvalue weighted by Gasteiger charge is 2.23. The van der Waals surface area contributed by atoms with Gasteiger partial charge in [-0.3, -0.25) is 15.3 Å². The van der Waals surface area contributed by atoms with Crippen LogP contribution < -0.4 is 15.4 Å². The van der Waals surface area contributed by atoms with Crippen molar-refractivity contribution in [3.8, 4) is 5.75 Å². The smallest absolute Gasteiger partial charge is 0.132 e. The van der Waals surface area contributed by atoms with Crippen molar-refractivity contribution >= 4 is 29.6 Å². The second kappa shape index (κ2) is 10.1. The van der Waals surface area contributed by atoms with Gasteiger partial charge in [0.2, 0.25) is 0 Å². The number of hydrogen-bond donors (Lipinski definition) is 3. The quantitative estimate of drug-likeness (QED) is 0.442. The number of benzene rings is 1. The Morgan fingerprint density at radius 1 is 1.19 bits per heavy atom. The van der Waals surface area contributed by atoms with Crippen molar-refractivity contribution in [2.75, 3.05) is 43.9 Å². The third-order valence-corrected chi connectivity index (χ3v) is 5.11. The number of ether oxygens (including phenoxy) is 1. The van der Waals surface area contributed by atoms with E-state index in [4.69, 9.17) is 21.3 Å². The Morgan fingerprint density at radius 2 is 1.94 bits per heavy atom. The molecule has 31 heavy (non-hydrogen) atoms. The molecule has 9 nitrogen and oxygen atoms in total. The van der Waals surface area contributed by atoms with Gasteiger partial charge in [-0.05, 0) is 32.0 Å². The first-order chi connectivity index (χ1) is 14.9. The van der Waals surface area contributed by atoms with Gasteiger partial charge in [0, 0.05) is 63.0 Å². The molecule has 0 aliphatic carbocycles. The van der Waals surface area contributed by atoms with Gasteiger partial charge < -0.3 is 20.8 Å². The van der Waals surface area contributed by atoms with Gasteiger partial charge in [-0.25, -0.2) is 9.97 Å². The van der Waals surface area contributed by atoms with Crippen molar-refractivity contribution in [2.24, 2.45) is 4.99 Å². The molecule has 1 fully saturated rings. The predicted octanol–water partition coefficient (Wildman–Crippen LogP) is 2.10. The summed E-state index contributed by atoms with van der Waals surface area (Å²) in [6, 6.07) is 7.09. The summed E-state index contributed by atoms with van der Waals surface area (Å²) in [5, 5.41) is 16.3. The maximum Gasteiger partial charge on any atom is 0.132 e. The lowest BCUT2D eigenvalue weighted by molar-refractivity contribution is 0.242. The molecular formula is C22H30N8O. The number of rotatable bonds is 8. The molecule has 4 N–H and O–H groups in total. The second-order valence-electron chi connectivity index (χ2n) is 7.64. The molecule has 2 heterocycles. The van der Waals surface area contributed by atoms with E-state index >= 15 is 0 Å². The third-order valence-electron chi connectivity index (χ3n) is 5.11. The minimum atomic E-state index is -0.0791. The van der Waals surface area contributed by atoms with Gasteiger partial charge in [0.1, 0.15) is 17.9 Å². The Morgan fingerprint density at radius 3 is 2.58 bits per heavy atom. The first kappa shape index (κ1) is 22.4. The number of aliphatic imine (C=N–C) groups is 1. The first-order valence-corrected chi connectivity index (χ1v) is 10.3. The summed E-state index contributed by atoms with van der Waals surface area (Å²) < 4.78 is 5.75. The molecule has 164 valence electrons. The molecule has 0 amide bonds. The van der Waals surface area contributed by atoms with Crippen LogP contribution in [0.15, 0.2) is 35.6 Å². The number of piperazine rings is 1. The van der Waals surface area contributed by atoms with Crippen molar-refractivity contribution in [1.82, 2.24) is 14.9 Å².